The van der Waals surface area contributed by atoms with E-state index >= 15 is 0 Å². The third kappa shape index (κ3) is 2.56. The van der Waals surface area contributed by atoms with Crippen LogP contribution >= 0.6 is 11.6 Å². The molecule has 1 aromatic heterocycles. The number of hydrogen-bond donors (Lipinski definition) is 0. The Kier molecular flexibility index (Phi) is 3.72. The fourth-order valence-electron chi connectivity index (χ4n) is 1.64. The quantitative estimate of drug-likeness (QED) is 0.800. The molecule has 4 nitrogen and oxygen atoms in total. The third-order valence-corrected chi connectivity index (χ3v) is 2.86. The van der Waals surface area contributed by atoms with Crippen LogP contribution in [0.15, 0.2) is 24.5 Å². The van der Waals surface area contributed by atoms with Crippen LogP contribution in [0.3, 0.4) is 0 Å². The standard InChI is InChI=1S/C12H11ClFN3O/c1-2-17-12(15-7-16-17)6-11(18)9-4-3-8(14)5-10(9)13/h3-5,7H,2,6H2,1H3. The highest BCUT2D eigenvalue weighted by molar-refractivity contribution is 6.34. The summed E-state index contributed by atoms with van der Waals surface area (Å²) in [6.07, 6.45) is 1.50. The molecule has 2 rings (SSSR count). The van der Waals surface area contributed by atoms with E-state index in [-0.39, 0.29) is 17.2 Å². The lowest BCUT2D eigenvalue weighted by atomic mass is 10.1. The van der Waals surface area contributed by atoms with Crippen molar-refractivity contribution in [3.05, 3.63) is 46.8 Å². The van der Waals surface area contributed by atoms with Gasteiger partial charge in [0, 0.05) is 12.1 Å². The molecule has 0 amide bonds. The first-order chi connectivity index (χ1) is 8.61. The molecule has 0 N–H and O–H groups in total. The number of rotatable bonds is 4. The highest BCUT2D eigenvalue weighted by Gasteiger charge is 2.14. The number of carbonyl (C=O) groups excluding carboxylic acids is 1. The van der Waals surface area contributed by atoms with Gasteiger partial charge >= 0.3 is 0 Å². The monoisotopic (exact) mass is 267 g/mol. The summed E-state index contributed by atoms with van der Waals surface area (Å²) in [5, 5.41) is 4.09. The van der Waals surface area contributed by atoms with Crippen molar-refractivity contribution >= 4 is 17.4 Å². The Morgan fingerprint density at radius 2 is 2.28 bits per heavy atom. The summed E-state index contributed by atoms with van der Waals surface area (Å²) in [5.41, 5.74) is 0.295. The molecule has 0 fully saturated rings. The second kappa shape index (κ2) is 5.27. The van der Waals surface area contributed by atoms with Crippen LogP contribution in [0.2, 0.25) is 5.02 Å². The Morgan fingerprint density at radius 3 is 2.94 bits per heavy atom. The minimum absolute atomic E-state index is 0.0964. The van der Waals surface area contributed by atoms with Gasteiger partial charge in [0.2, 0.25) is 0 Å². The SMILES string of the molecule is CCn1ncnc1CC(=O)c1ccc(F)cc1Cl. The van der Waals surface area contributed by atoms with E-state index in [0.717, 1.165) is 6.07 Å². The van der Waals surface area contributed by atoms with Crippen LogP contribution in [0.5, 0.6) is 0 Å². The number of hydrogen-bond acceptors (Lipinski definition) is 3. The van der Waals surface area contributed by atoms with E-state index < -0.39 is 5.82 Å². The van der Waals surface area contributed by atoms with E-state index in [1.807, 2.05) is 6.92 Å². The molecule has 0 spiro atoms. The maximum absolute atomic E-state index is 12.9. The molecule has 0 radical (unpaired) electrons. The summed E-state index contributed by atoms with van der Waals surface area (Å²) in [6.45, 7) is 2.55. The molecule has 0 saturated carbocycles. The van der Waals surface area contributed by atoms with Crippen LogP contribution < -0.4 is 0 Å². The summed E-state index contributed by atoms with van der Waals surface area (Å²) in [7, 11) is 0. The maximum Gasteiger partial charge on any atom is 0.171 e. The average molecular weight is 268 g/mol. The minimum atomic E-state index is -0.465. The Bertz CT molecular complexity index is 582. The van der Waals surface area contributed by atoms with Crippen molar-refractivity contribution in [2.45, 2.75) is 19.9 Å². The molecule has 0 aliphatic rings. The fourth-order valence-corrected chi connectivity index (χ4v) is 1.92. The molecule has 2 aromatic rings. The molecule has 0 bridgehead atoms. The van der Waals surface area contributed by atoms with Crippen LogP contribution in [0.25, 0.3) is 0 Å². The lowest BCUT2D eigenvalue weighted by Crippen LogP contribution is -2.11. The largest absolute Gasteiger partial charge is 0.294 e. The molecule has 0 unspecified atom stereocenters. The normalized spacial score (nSPS) is 10.6. The molecule has 1 heterocycles. The van der Waals surface area contributed by atoms with Crippen LogP contribution in [0, 0.1) is 5.82 Å². The van der Waals surface area contributed by atoms with Gasteiger partial charge in [-0.05, 0) is 25.1 Å². The van der Waals surface area contributed by atoms with Crippen LogP contribution in [0.4, 0.5) is 4.39 Å². The molecule has 1 aromatic carbocycles. The van der Waals surface area contributed by atoms with Crippen molar-refractivity contribution in [1.29, 1.82) is 0 Å². The second-order valence-corrected chi connectivity index (χ2v) is 4.12. The first-order valence-electron chi connectivity index (χ1n) is 5.46. The Balaban J connectivity index is 2.22. The van der Waals surface area contributed by atoms with E-state index in [4.69, 9.17) is 11.6 Å². The number of Topliss-reactive ketones (excluding diaryl/α,β-unsaturated/α-hetero) is 1. The van der Waals surface area contributed by atoms with Gasteiger partial charge in [0.25, 0.3) is 0 Å². The zero-order valence-electron chi connectivity index (χ0n) is 9.73. The molecule has 94 valence electrons. The van der Waals surface area contributed by atoms with E-state index in [9.17, 15) is 9.18 Å². The summed E-state index contributed by atoms with van der Waals surface area (Å²) in [6, 6.07) is 3.72. The van der Waals surface area contributed by atoms with E-state index in [1.54, 1.807) is 4.68 Å². The lowest BCUT2D eigenvalue weighted by molar-refractivity contribution is 0.0989. The summed E-state index contributed by atoms with van der Waals surface area (Å²) in [4.78, 5) is 16.0. The molecule has 18 heavy (non-hydrogen) atoms. The van der Waals surface area contributed by atoms with Crippen molar-refractivity contribution in [3.8, 4) is 0 Å². The van der Waals surface area contributed by atoms with Gasteiger partial charge in [0.15, 0.2) is 5.78 Å². The second-order valence-electron chi connectivity index (χ2n) is 3.72. The molecule has 0 aliphatic heterocycles. The first-order valence-corrected chi connectivity index (χ1v) is 5.84. The van der Waals surface area contributed by atoms with Gasteiger partial charge in [0.1, 0.15) is 18.0 Å². The predicted molar refractivity (Wildman–Crippen MR) is 65.1 cm³/mol. The zero-order chi connectivity index (χ0) is 13.1. The summed E-state index contributed by atoms with van der Waals surface area (Å²) >= 11 is 5.83. The molecular formula is C12H11ClFN3O. The van der Waals surface area contributed by atoms with Gasteiger partial charge in [-0.3, -0.25) is 4.79 Å². The van der Waals surface area contributed by atoms with Crippen LogP contribution in [-0.2, 0) is 13.0 Å². The number of ketones is 1. The average Bonchev–Trinajstić information content (AvgIpc) is 2.76. The van der Waals surface area contributed by atoms with Crippen molar-refractivity contribution in [2.75, 3.05) is 0 Å². The molecule has 6 heteroatoms. The highest BCUT2D eigenvalue weighted by atomic mass is 35.5. The van der Waals surface area contributed by atoms with Crippen molar-refractivity contribution in [3.63, 3.8) is 0 Å². The fraction of sp³-hybridized carbons (Fsp3) is 0.250. The lowest BCUT2D eigenvalue weighted by Gasteiger charge is -2.04. The van der Waals surface area contributed by atoms with Gasteiger partial charge in [-0.1, -0.05) is 11.6 Å². The molecule has 0 atom stereocenters. The van der Waals surface area contributed by atoms with Crippen molar-refractivity contribution in [1.82, 2.24) is 14.8 Å². The predicted octanol–water partition coefficient (Wildman–Crippen LogP) is 2.52. The number of benzene rings is 1. The number of aromatic nitrogens is 3. The van der Waals surface area contributed by atoms with Crippen LogP contribution in [-0.4, -0.2) is 20.5 Å². The van der Waals surface area contributed by atoms with Gasteiger partial charge in [-0.2, -0.15) is 5.10 Å². The summed E-state index contributed by atoms with van der Waals surface area (Å²) in [5.74, 6) is -0.0983. The number of halogens is 2. The van der Waals surface area contributed by atoms with Crippen LogP contribution in [0.1, 0.15) is 23.1 Å². The molecule has 0 saturated heterocycles. The van der Waals surface area contributed by atoms with Crippen molar-refractivity contribution < 1.29 is 9.18 Å². The van der Waals surface area contributed by atoms with E-state index in [0.29, 0.717) is 17.9 Å². The number of aryl methyl sites for hydroxylation is 1. The smallest absolute Gasteiger partial charge is 0.171 e. The Labute approximate surface area is 108 Å². The van der Waals surface area contributed by atoms with Gasteiger partial charge in [0.05, 0.1) is 11.4 Å². The topological polar surface area (TPSA) is 47.8 Å². The summed E-state index contributed by atoms with van der Waals surface area (Å²) < 4.78 is 14.5. The minimum Gasteiger partial charge on any atom is -0.294 e. The van der Waals surface area contributed by atoms with E-state index in [1.165, 1.54) is 18.5 Å². The number of nitrogens with zero attached hydrogens (tertiary/aromatic N) is 3. The molecule has 0 aliphatic carbocycles. The third-order valence-electron chi connectivity index (χ3n) is 2.55. The number of carbonyl (C=O) groups is 1. The highest BCUT2D eigenvalue weighted by Crippen LogP contribution is 2.18. The van der Waals surface area contributed by atoms with Gasteiger partial charge in [-0.15, -0.1) is 0 Å². The van der Waals surface area contributed by atoms with Crippen molar-refractivity contribution in [2.24, 2.45) is 0 Å². The van der Waals surface area contributed by atoms with E-state index in [2.05, 4.69) is 10.1 Å². The first kappa shape index (κ1) is 12.7. The zero-order valence-corrected chi connectivity index (χ0v) is 10.5. The Hall–Kier alpha value is -1.75. The molecular weight excluding hydrogens is 257 g/mol. The van der Waals surface area contributed by atoms with Gasteiger partial charge < -0.3 is 0 Å². The maximum atomic E-state index is 12.9. The Morgan fingerprint density at radius 1 is 1.50 bits per heavy atom. The van der Waals surface area contributed by atoms with Gasteiger partial charge in [-0.25, -0.2) is 14.1 Å².